The van der Waals surface area contributed by atoms with Crippen molar-refractivity contribution in [2.75, 3.05) is 24.6 Å². The molecule has 1 amide bonds. The van der Waals surface area contributed by atoms with E-state index in [1.165, 1.54) is 24.1 Å². The summed E-state index contributed by atoms with van der Waals surface area (Å²) >= 11 is 0. The summed E-state index contributed by atoms with van der Waals surface area (Å²) in [6, 6.07) is 5.87. The highest BCUT2D eigenvalue weighted by Gasteiger charge is 2.24. The van der Waals surface area contributed by atoms with Crippen molar-refractivity contribution in [1.82, 2.24) is 20.5 Å². The lowest BCUT2D eigenvalue weighted by molar-refractivity contribution is 0.0926. The molecule has 7 heteroatoms. The standard InChI is InChI=1S/C21H27N5O2/c1-2-28-21-17(7-5-11-22-21)20(27)23-16-9-12-26(13-10-16)19-14-15-6-3-4-8-18(15)24-25-19/h5,7,11,14,16H,2-4,6,8-10,12-13H2,1H3,(H,23,27). The summed E-state index contributed by atoms with van der Waals surface area (Å²) < 4.78 is 5.47. The molecule has 2 aromatic heterocycles. The molecular formula is C21H27N5O2. The Morgan fingerprint density at radius 2 is 2.07 bits per heavy atom. The molecule has 2 aliphatic rings. The van der Waals surface area contributed by atoms with Gasteiger partial charge in [0.2, 0.25) is 5.88 Å². The molecule has 1 aliphatic carbocycles. The molecule has 7 nitrogen and oxygen atoms in total. The van der Waals surface area contributed by atoms with Crippen LogP contribution < -0.4 is 15.0 Å². The van der Waals surface area contributed by atoms with Crippen LogP contribution in [0.5, 0.6) is 5.88 Å². The lowest BCUT2D eigenvalue weighted by Crippen LogP contribution is -2.45. The number of amides is 1. The van der Waals surface area contributed by atoms with E-state index in [-0.39, 0.29) is 11.9 Å². The lowest BCUT2D eigenvalue weighted by Gasteiger charge is -2.33. The van der Waals surface area contributed by atoms with Gasteiger partial charge in [-0.2, -0.15) is 5.10 Å². The summed E-state index contributed by atoms with van der Waals surface area (Å²) in [5.74, 6) is 1.24. The SMILES string of the molecule is CCOc1ncccc1C(=O)NC1CCN(c2cc3c(nn2)CCCC3)CC1. The van der Waals surface area contributed by atoms with E-state index in [4.69, 9.17) is 4.74 Å². The quantitative estimate of drug-likeness (QED) is 0.857. The third-order valence-electron chi connectivity index (χ3n) is 5.51. The molecule has 4 rings (SSSR count). The topological polar surface area (TPSA) is 80.2 Å². The summed E-state index contributed by atoms with van der Waals surface area (Å²) in [5, 5.41) is 12.0. The van der Waals surface area contributed by atoms with E-state index in [1.54, 1.807) is 18.3 Å². The Kier molecular flexibility index (Phi) is 5.69. The van der Waals surface area contributed by atoms with E-state index in [0.717, 1.165) is 44.6 Å². The van der Waals surface area contributed by atoms with Gasteiger partial charge in [-0.15, -0.1) is 5.10 Å². The van der Waals surface area contributed by atoms with E-state index >= 15 is 0 Å². The molecular weight excluding hydrogens is 354 g/mol. The zero-order valence-electron chi connectivity index (χ0n) is 16.4. The lowest BCUT2D eigenvalue weighted by atomic mass is 9.96. The first-order chi connectivity index (χ1) is 13.7. The number of pyridine rings is 1. The van der Waals surface area contributed by atoms with Gasteiger partial charge >= 0.3 is 0 Å². The van der Waals surface area contributed by atoms with E-state index in [9.17, 15) is 4.79 Å². The molecule has 0 atom stereocenters. The molecule has 1 fully saturated rings. The molecule has 1 aliphatic heterocycles. The van der Waals surface area contributed by atoms with Crippen LogP contribution in [-0.4, -0.2) is 46.8 Å². The van der Waals surface area contributed by atoms with Crippen molar-refractivity contribution in [1.29, 1.82) is 0 Å². The summed E-state index contributed by atoms with van der Waals surface area (Å²) in [6.45, 7) is 4.10. The van der Waals surface area contributed by atoms with Crippen molar-refractivity contribution in [2.24, 2.45) is 0 Å². The van der Waals surface area contributed by atoms with Crippen molar-refractivity contribution >= 4 is 11.7 Å². The van der Waals surface area contributed by atoms with E-state index in [2.05, 4.69) is 31.5 Å². The molecule has 28 heavy (non-hydrogen) atoms. The monoisotopic (exact) mass is 381 g/mol. The Balaban J connectivity index is 1.35. The van der Waals surface area contributed by atoms with Gasteiger partial charge in [-0.05, 0) is 69.2 Å². The summed E-state index contributed by atoms with van der Waals surface area (Å²) in [6.07, 6.45) is 8.02. The second kappa shape index (κ2) is 8.54. The van der Waals surface area contributed by atoms with Gasteiger partial charge in [0, 0.05) is 25.3 Å². The molecule has 3 heterocycles. The summed E-state index contributed by atoms with van der Waals surface area (Å²) in [5.41, 5.74) is 3.01. The normalized spacial score (nSPS) is 17.1. The van der Waals surface area contributed by atoms with Crippen molar-refractivity contribution < 1.29 is 9.53 Å². The Bertz CT molecular complexity index is 833. The minimum absolute atomic E-state index is 0.122. The largest absolute Gasteiger partial charge is 0.477 e. The Morgan fingerprint density at radius 1 is 1.25 bits per heavy atom. The highest BCUT2D eigenvalue weighted by Crippen LogP contribution is 2.24. The summed E-state index contributed by atoms with van der Waals surface area (Å²) in [7, 11) is 0. The molecule has 0 unspecified atom stereocenters. The number of aryl methyl sites for hydroxylation is 2. The molecule has 1 N–H and O–H groups in total. The van der Waals surface area contributed by atoms with Crippen LogP contribution in [0.2, 0.25) is 0 Å². The average molecular weight is 381 g/mol. The number of rotatable bonds is 5. The van der Waals surface area contributed by atoms with E-state index < -0.39 is 0 Å². The Labute approximate surface area is 165 Å². The number of aromatic nitrogens is 3. The van der Waals surface area contributed by atoms with Crippen LogP contribution >= 0.6 is 0 Å². The van der Waals surface area contributed by atoms with Gasteiger partial charge in [0.1, 0.15) is 5.56 Å². The van der Waals surface area contributed by atoms with Crippen LogP contribution in [0.3, 0.4) is 0 Å². The van der Waals surface area contributed by atoms with Crippen LogP contribution in [0, 0.1) is 0 Å². The van der Waals surface area contributed by atoms with Crippen molar-refractivity contribution in [3.8, 4) is 5.88 Å². The van der Waals surface area contributed by atoms with Gasteiger partial charge in [0.05, 0.1) is 12.3 Å². The fourth-order valence-corrected chi connectivity index (χ4v) is 3.96. The fourth-order valence-electron chi connectivity index (χ4n) is 3.96. The maximum Gasteiger partial charge on any atom is 0.256 e. The zero-order chi connectivity index (χ0) is 19.3. The van der Waals surface area contributed by atoms with Gasteiger partial charge in [-0.3, -0.25) is 4.79 Å². The number of hydrogen-bond donors (Lipinski definition) is 1. The number of anilines is 1. The molecule has 0 radical (unpaired) electrons. The molecule has 0 saturated carbocycles. The third-order valence-corrected chi connectivity index (χ3v) is 5.51. The van der Waals surface area contributed by atoms with Crippen LogP contribution in [0.25, 0.3) is 0 Å². The van der Waals surface area contributed by atoms with Gasteiger partial charge < -0.3 is 15.0 Å². The molecule has 1 saturated heterocycles. The fraction of sp³-hybridized carbons (Fsp3) is 0.524. The second-order valence-electron chi connectivity index (χ2n) is 7.41. The molecule has 0 spiro atoms. The maximum absolute atomic E-state index is 12.7. The highest BCUT2D eigenvalue weighted by molar-refractivity contribution is 5.96. The number of carbonyl (C=O) groups excluding carboxylic acids is 1. The first-order valence-corrected chi connectivity index (χ1v) is 10.2. The van der Waals surface area contributed by atoms with Crippen LogP contribution in [0.1, 0.15) is 54.2 Å². The Morgan fingerprint density at radius 3 is 2.89 bits per heavy atom. The number of nitrogens with zero attached hydrogens (tertiary/aromatic N) is 4. The molecule has 0 bridgehead atoms. The molecule has 0 aromatic carbocycles. The minimum Gasteiger partial charge on any atom is -0.477 e. The van der Waals surface area contributed by atoms with Crippen molar-refractivity contribution in [3.05, 3.63) is 41.2 Å². The van der Waals surface area contributed by atoms with Crippen LogP contribution in [0.4, 0.5) is 5.82 Å². The molecule has 2 aromatic rings. The number of ether oxygens (including phenoxy) is 1. The predicted molar refractivity (Wildman–Crippen MR) is 107 cm³/mol. The van der Waals surface area contributed by atoms with E-state index in [0.29, 0.717) is 18.1 Å². The molecule has 148 valence electrons. The minimum atomic E-state index is -0.122. The second-order valence-corrected chi connectivity index (χ2v) is 7.41. The number of nitrogens with one attached hydrogen (secondary N) is 1. The third kappa shape index (κ3) is 4.08. The van der Waals surface area contributed by atoms with Crippen LogP contribution in [-0.2, 0) is 12.8 Å². The maximum atomic E-state index is 12.7. The van der Waals surface area contributed by atoms with Crippen molar-refractivity contribution in [3.63, 3.8) is 0 Å². The number of hydrogen-bond acceptors (Lipinski definition) is 6. The van der Waals surface area contributed by atoms with E-state index in [1.807, 2.05) is 6.92 Å². The smallest absolute Gasteiger partial charge is 0.256 e. The summed E-state index contributed by atoms with van der Waals surface area (Å²) in [4.78, 5) is 19.1. The predicted octanol–water partition coefficient (Wildman–Crippen LogP) is 2.55. The number of carbonyl (C=O) groups is 1. The average Bonchev–Trinajstić information content (AvgIpc) is 2.74. The number of fused-ring (bicyclic) bond motifs is 1. The van der Waals surface area contributed by atoms with Crippen LogP contribution in [0.15, 0.2) is 24.4 Å². The Hall–Kier alpha value is -2.70. The first-order valence-electron chi connectivity index (χ1n) is 10.2. The van der Waals surface area contributed by atoms with Crippen molar-refractivity contribution in [2.45, 2.75) is 51.5 Å². The van der Waals surface area contributed by atoms with Gasteiger partial charge in [0.25, 0.3) is 5.91 Å². The van der Waals surface area contributed by atoms with Gasteiger partial charge in [-0.1, -0.05) is 0 Å². The van der Waals surface area contributed by atoms with Gasteiger partial charge in [0.15, 0.2) is 5.82 Å². The highest BCUT2D eigenvalue weighted by atomic mass is 16.5. The van der Waals surface area contributed by atoms with Gasteiger partial charge in [-0.25, -0.2) is 4.98 Å². The number of piperidine rings is 1. The zero-order valence-corrected chi connectivity index (χ0v) is 16.4. The first kappa shape index (κ1) is 18.7.